The minimum absolute atomic E-state index is 0.0447. The molecule has 0 unspecified atom stereocenters. The average Bonchev–Trinajstić information content (AvgIpc) is 2.77. The fourth-order valence-corrected chi connectivity index (χ4v) is 3.83. The molecule has 6 nitrogen and oxygen atoms in total. The fourth-order valence-electron chi connectivity index (χ4n) is 3.65. The second-order valence-electron chi connectivity index (χ2n) is 7.35. The summed E-state index contributed by atoms with van der Waals surface area (Å²) in [5.74, 6) is 0.783. The molecule has 1 heterocycles. The van der Waals surface area contributed by atoms with Gasteiger partial charge in [0.05, 0.1) is 16.6 Å². The van der Waals surface area contributed by atoms with Gasteiger partial charge in [0.25, 0.3) is 0 Å². The minimum atomic E-state index is -0.468. The van der Waals surface area contributed by atoms with E-state index in [1.54, 1.807) is 6.07 Å². The molecule has 8 heteroatoms. The Kier molecular flexibility index (Phi) is 6.62. The lowest BCUT2D eigenvalue weighted by molar-refractivity contribution is -0.0522. The molecule has 1 fully saturated rings. The summed E-state index contributed by atoms with van der Waals surface area (Å²) in [6.07, 6.45) is 6.02. The maximum Gasteiger partial charge on any atom is 0.189 e. The van der Waals surface area contributed by atoms with Gasteiger partial charge in [-0.15, -0.1) is 0 Å². The summed E-state index contributed by atoms with van der Waals surface area (Å²) in [7, 11) is 2.01. The molecule has 3 aromatic rings. The number of hydrogen-bond donors (Lipinski definition) is 2. The van der Waals surface area contributed by atoms with Crippen LogP contribution in [0.15, 0.2) is 42.7 Å². The van der Waals surface area contributed by atoms with Crippen LogP contribution >= 0.6 is 11.6 Å². The maximum atomic E-state index is 13.4. The number of hydrogen-bond acceptors (Lipinski definition) is 6. The Morgan fingerprint density at radius 2 is 1.93 bits per heavy atom. The summed E-state index contributed by atoms with van der Waals surface area (Å²) in [6.45, 7) is 0.199. The number of aromatic nitrogens is 2. The third-order valence-corrected chi connectivity index (χ3v) is 5.69. The van der Waals surface area contributed by atoms with Crippen molar-refractivity contribution in [3.63, 3.8) is 0 Å². The van der Waals surface area contributed by atoms with Gasteiger partial charge >= 0.3 is 0 Å². The zero-order valence-electron chi connectivity index (χ0n) is 16.7. The van der Waals surface area contributed by atoms with Crippen LogP contribution in [0.4, 0.5) is 15.9 Å². The molecule has 1 aromatic heterocycles. The highest BCUT2D eigenvalue weighted by atomic mass is 35.5. The number of ether oxygens (including phenoxy) is 2. The number of benzene rings is 2. The molecule has 30 heavy (non-hydrogen) atoms. The lowest BCUT2D eigenvalue weighted by Crippen LogP contribution is -2.33. The number of anilines is 2. The molecule has 1 aliphatic carbocycles. The molecule has 0 saturated heterocycles. The Hall–Kier alpha value is -2.48. The van der Waals surface area contributed by atoms with Crippen molar-refractivity contribution in [2.45, 2.75) is 37.8 Å². The summed E-state index contributed by atoms with van der Waals surface area (Å²) in [4.78, 5) is 8.61. The molecule has 0 bridgehead atoms. The largest absolute Gasteiger partial charge is 0.468 e. The van der Waals surface area contributed by atoms with E-state index < -0.39 is 5.82 Å². The second kappa shape index (κ2) is 9.55. The van der Waals surface area contributed by atoms with Gasteiger partial charge in [-0.3, -0.25) is 0 Å². The zero-order valence-corrected chi connectivity index (χ0v) is 17.5. The van der Waals surface area contributed by atoms with Crippen LogP contribution in [0.3, 0.4) is 0 Å². The van der Waals surface area contributed by atoms with Gasteiger partial charge in [-0.25, -0.2) is 14.4 Å². The number of halogens is 2. The zero-order chi connectivity index (χ0) is 20.9. The van der Waals surface area contributed by atoms with Crippen LogP contribution < -0.4 is 15.4 Å². The Morgan fingerprint density at radius 3 is 2.70 bits per heavy atom. The Labute approximate surface area is 179 Å². The number of rotatable bonds is 7. The van der Waals surface area contributed by atoms with Crippen LogP contribution in [0, 0.1) is 5.82 Å². The third-order valence-electron chi connectivity index (χ3n) is 5.40. The van der Waals surface area contributed by atoms with Crippen molar-refractivity contribution in [3.05, 3.63) is 53.6 Å². The van der Waals surface area contributed by atoms with E-state index in [-0.39, 0.29) is 17.9 Å². The molecule has 0 amide bonds. The lowest BCUT2D eigenvalue weighted by Gasteiger charge is -2.28. The van der Waals surface area contributed by atoms with E-state index in [0.717, 1.165) is 36.6 Å². The quantitative estimate of drug-likeness (QED) is 0.511. The van der Waals surface area contributed by atoms with Crippen molar-refractivity contribution in [2.24, 2.45) is 0 Å². The highest BCUT2D eigenvalue weighted by molar-refractivity contribution is 6.31. The SMILES string of the molecule is CNC1CCC(OCOc2ccc3ncnc(Nc4ccc(F)c(Cl)c4)c3c2)CC1. The van der Waals surface area contributed by atoms with E-state index in [0.29, 0.717) is 23.3 Å². The molecule has 1 aliphatic rings. The van der Waals surface area contributed by atoms with Crippen molar-refractivity contribution < 1.29 is 13.9 Å². The van der Waals surface area contributed by atoms with E-state index in [1.807, 2.05) is 25.2 Å². The summed E-state index contributed by atoms with van der Waals surface area (Å²) in [5, 5.41) is 7.31. The van der Waals surface area contributed by atoms with Gasteiger partial charge in [0, 0.05) is 17.1 Å². The van der Waals surface area contributed by atoms with Gasteiger partial charge in [0.1, 0.15) is 23.7 Å². The van der Waals surface area contributed by atoms with E-state index in [2.05, 4.69) is 20.6 Å². The molecule has 0 radical (unpaired) electrons. The Bertz CT molecular complexity index is 1010. The molecule has 2 aromatic carbocycles. The first kappa shape index (κ1) is 20.8. The van der Waals surface area contributed by atoms with Crippen LogP contribution in [-0.4, -0.2) is 36.0 Å². The molecule has 2 N–H and O–H groups in total. The summed E-state index contributed by atoms with van der Waals surface area (Å²) >= 11 is 5.88. The number of nitrogens with one attached hydrogen (secondary N) is 2. The lowest BCUT2D eigenvalue weighted by atomic mass is 9.93. The molecule has 0 atom stereocenters. The Balaban J connectivity index is 1.42. The van der Waals surface area contributed by atoms with E-state index >= 15 is 0 Å². The van der Waals surface area contributed by atoms with Gasteiger partial charge < -0.3 is 20.1 Å². The fraction of sp³-hybridized carbons (Fsp3) is 0.364. The van der Waals surface area contributed by atoms with Crippen molar-refractivity contribution in [2.75, 3.05) is 19.2 Å². The monoisotopic (exact) mass is 430 g/mol. The van der Waals surface area contributed by atoms with Crippen LogP contribution in [0.2, 0.25) is 5.02 Å². The van der Waals surface area contributed by atoms with Crippen LogP contribution in [0.5, 0.6) is 5.75 Å². The van der Waals surface area contributed by atoms with E-state index in [9.17, 15) is 4.39 Å². The topological polar surface area (TPSA) is 68.3 Å². The van der Waals surface area contributed by atoms with Crippen molar-refractivity contribution in [1.29, 1.82) is 0 Å². The molecule has 0 spiro atoms. The van der Waals surface area contributed by atoms with Gasteiger partial charge in [0.2, 0.25) is 0 Å². The molecule has 158 valence electrons. The van der Waals surface area contributed by atoms with Crippen LogP contribution in [0.25, 0.3) is 10.9 Å². The Morgan fingerprint density at radius 1 is 1.10 bits per heavy atom. The second-order valence-corrected chi connectivity index (χ2v) is 7.75. The molecule has 0 aliphatic heterocycles. The minimum Gasteiger partial charge on any atom is -0.468 e. The van der Waals surface area contributed by atoms with Gasteiger partial charge in [-0.05, 0) is 69.1 Å². The normalized spacial score (nSPS) is 19.0. The van der Waals surface area contributed by atoms with Crippen LogP contribution in [-0.2, 0) is 4.74 Å². The molecular formula is C22H24ClFN4O2. The third kappa shape index (κ3) is 4.98. The highest BCUT2D eigenvalue weighted by Gasteiger charge is 2.20. The highest BCUT2D eigenvalue weighted by Crippen LogP contribution is 2.28. The van der Waals surface area contributed by atoms with Crippen molar-refractivity contribution in [3.8, 4) is 5.75 Å². The first-order valence-electron chi connectivity index (χ1n) is 10.0. The van der Waals surface area contributed by atoms with Crippen LogP contribution in [0.1, 0.15) is 25.7 Å². The standard InChI is InChI=1S/C22H24ClFN4O2/c1-25-14-2-5-16(6-3-14)29-13-30-17-7-9-21-18(11-17)22(27-12-26-21)28-15-4-8-20(24)19(23)10-15/h4,7-12,14,16,25H,2-3,5-6,13H2,1H3,(H,26,27,28). The van der Waals surface area contributed by atoms with Crippen molar-refractivity contribution in [1.82, 2.24) is 15.3 Å². The number of nitrogens with zero attached hydrogens (tertiary/aromatic N) is 2. The van der Waals surface area contributed by atoms with Gasteiger partial charge in [0.15, 0.2) is 6.79 Å². The summed E-state index contributed by atoms with van der Waals surface area (Å²) in [5.41, 5.74) is 1.40. The van der Waals surface area contributed by atoms with Gasteiger partial charge in [-0.2, -0.15) is 0 Å². The predicted molar refractivity (Wildman–Crippen MR) is 116 cm³/mol. The van der Waals surface area contributed by atoms with Gasteiger partial charge in [-0.1, -0.05) is 11.6 Å². The molecule has 1 saturated carbocycles. The van der Waals surface area contributed by atoms with E-state index in [1.165, 1.54) is 18.5 Å². The smallest absolute Gasteiger partial charge is 0.189 e. The number of fused-ring (bicyclic) bond motifs is 1. The van der Waals surface area contributed by atoms with Crippen molar-refractivity contribution >= 4 is 34.0 Å². The maximum absolute atomic E-state index is 13.4. The first-order chi connectivity index (χ1) is 14.6. The first-order valence-corrected chi connectivity index (χ1v) is 10.4. The molecular weight excluding hydrogens is 407 g/mol. The van der Waals surface area contributed by atoms with E-state index in [4.69, 9.17) is 21.1 Å². The average molecular weight is 431 g/mol. The summed E-state index contributed by atoms with van der Waals surface area (Å²) < 4.78 is 25.1. The predicted octanol–water partition coefficient (Wildman–Crippen LogP) is 5.05. The molecule has 4 rings (SSSR count). The summed E-state index contributed by atoms with van der Waals surface area (Å²) in [6, 6.07) is 10.6.